The molecule has 1 rings (SSSR count). The van der Waals surface area contributed by atoms with Crippen LogP contribution in [0.15, 0.2) is 0 Å². The van der Waals surface area contributed by atoms with E-state index in [0.29, 0.717) is 13.0 Å². The van der Waals surface area contributed by atoms with Gasteiger partial charge in [0.1, 0.15) is 0 Å². The Bertz CT molecular complexity index is 141. The van der Waals surface area contributed by atoms with Crippen LogP contribution in [0.3, 0.4) is 0 Å². The zero-order chi connectivity index (χ0) is 8.48. The Morgan fingerprint density at radius 2 is 2.00 bits per heavy atom. The summed E-state index contributed by atoms with van der Waals surface area (Å²) in [4.78, 5) is 0. The van der Waals surface area contributed by atoms with Crippen molar-refractivity contribution >= 4 is 12.4 Å². The molecule has 2 nitrogen and oxygen atoms in total. The summed E-state index contributed by atoms with van der Waals surface area (Å²) in [6.07, 6.45) is -4.78. The molecule has 0 saturated carbocycles. The number of alkyl halides is 3. The van der Waals surface area contributed by atoms with Gasteiger partial charge in [0.15, 0.2) is 0 Å². The zero-order valence-electron chi connectivity index (χ0n) is 6.52. The summed E-state index contributed by atoms with van der Waals surface area (Å²) in [6, 6.07) is -0.198. The van der Waals surface area contributed by atoms with E-state index in [1.165, 1.54) is 0 Å². The molecular formula is C6H11ClF3NO. The lowest BCUT2D eigenvalue weighted by molar-refractivity contribution is -0.342. The van der Waals surface area contributed by atoms with Crippen LogP contribution in [0, 0.1) is 0 Å². The summed E-state index contributed by atoms with van der Waals surface area (Å²) in [5.74, 6) is 0. The van der Waals surface area contributed by atoms with Crippen molar-refractivity contribution in [1.82, 2.24) is 5.32 Å². The van der Waals surface area contributed by atoms with Gasteiger partial charge in [-0.2, -0.15) is 0 Å². The van der Waals surface area contributed by atoms with Crippen molar-refractivity contribution in [2.24, 2.45) is 0 Å². The summed E-state index contributed by atoms with van der Waals surface area (Å²) in [5, 5.41) is 2.87. The quantitative estimate of drug-likeness (QED) is 0.704. The minimum absolute atomic E-state index is 0. The molecule has 0 spiro atoms. The van der Waals surface area contributed by atoms with Crippen LogP contribution in [0.1, 0.15) is 13.3 Å². The molecule has 6 heteroatoms. The van der Waals surface area contributed by atoms with Crippen LogP contribution in [-0.2, 0) is 4.74 Å². The fourth-order valence-corrected chi connectivity index (χ4v) is 1.17. The van der Waals surface area contributed by atoms with Crippen LogP contribution in [0.2, 0.25) is 0 Å². The van der Waals surface area contributed by atoms with Gasteiger partial charge in [0.2, 0.25) is 0 Å². The zero-order valence-corrected chi connectivity index (χ0v) is 7.34. The fraction of sp³-hybridized carbons (Fsp3) is 1.00. The Labute approximate surface area is 74.9 Å². The summed E-state index contributed by atoms with van der Waals surface area (Å²) in [6.45, 7) is 2.28. The molecule has 1 saturated heterocycles. The van der Waals surface area contributed by atoms with Crippen LogP contribution in [0.25, 0.3) is 0 Å². The van der Waals surface area contributed by atoms with Gasteiger partial charge >= 0.3 is 6.36 Å². The molecule has 1 fully saturated rings. The molecule has 2 atom stereocenters. The monoisotopic (exact) mass is 205 g/mol. The third kappa shape index (κ3) is 3.60. The highest BCUT2D eigenvalue weighted by Crippen LogP contribution is 2.23. The average Bonchev–Trinajstić information content (AvgIpc) is 2.12. The minimum Gasteiger partial charge on any atom is -0.312 e. The molecule has 0 aromatic heterocycles. The van der Waals surface area contributed by atoms with Gasteiger partial charge in [-0.05, 0) is 19.9 Å². The van der Waals surface area contributed by atoms with E-state index in [9.17, 15) is 13.2 Å². The molecule has 12 heavy (non-hydrogen) atoms. The lowest BCUT2D eigenvalue weighted by atomic mass is 10.2. The molecule has 1 aliphatic rings. The molecule has 0 amide bonds. The van der Waals surface area contributed by atoms with Crippen molar-refractivity contribution in [1.29, 1.82) is 0 Å². The first-order valence-corrected chi connectivity index (χ1v) is 3.47. The van der Waals surface area contributed by atoms with E-state index < -0.39 is 12.5 Å². The van der Waals surface area contributed by atoms with Crippen molar-refractivity contribution in [3.05, 3.63) is 0 Å². The molecule has 0 bridgehead atoms. The number of hydrogen-bond donors (Lipinski definition) is 1. The van der Waals surface area contributed by atoms with Gasteiger partial charge in [-0.1, -0.05) is 0 Å². The third-order valence-electron chi connectivity index (χ3n) is 1.74. The highest BCUT2D eigenvalue weighted by atomic mass is 35.5. The second kappa shape index (κ2) is 4.30. The van der Waals surface area contributed by atoms with E-state index >= 15 is 0 Å². The van der Waals surface area contributed by atoms with E-state index in [1.807, 2.05) is 0 Å². The van der Waals surface area contributed by atoms with Crippen LogP contribution < -0.4 is 5.32 Å². The lowest BCUT2D eigenvalue weighted by Gasteiger charge is -2.17. The van der Waals surface area contributed by atoms with Crippen molar-refractivity contribution in [2.75, 3.05) is 6.54 Å². The van der Waals surface area contributed by atoms with Crippen molar-refractivity contribution in [3.63, 3.8) is 0 Å². The number of nitrogens with one attached hydrogen (secondary N) is 1. The standard InChI is InChI=1S/C6H10F3NO.ClH/c1-4-5(2-3-10-4)11-6(7,8)9;/h4-5,10H,2-3H2,1H3;1H/t4-,5+;/m0./s1. The van der Waals surface area contributed by atoms with E-state index in [-0.39, 0.29) is 18.4 Å². The summed E-state index contributed by atoms with van der Waals surface area (Å²) in [7, 11) is 0. The van der Waals surface area contributed by atoms with Gasteiger partial charge in [-0.3, -0.25) is 4.74 Å². The maximum absolute atomic E-state index is 11.6. The highest BCUT2D eigenvalue weighted by Gasteiger charge is 2.37. The molecule has 1 N–H and O–H groups in total. The second-order valence-corrected chi connectivity index (χ2v) is 2.63. The number of rotatable bonds is 1. The number of halogens is 4. The van der Waals surface area contributed by atoms with Gasteiger partial charge in [0.25, 0.3) is 0 Å². The summed E-state index contributed by atoms with van der Waals surface area (Å²) >= 11 is 0. The fourth-order valence-electron chi connectivity index (χ4n) is 1.17. The van der Waals surface area contributed by atoms with Gasteiger partial charge in [0.05, 0.1) is 6.10 Å². The smallest absolute Gasteiger partial charge is 0.312 e. The minimum atomic E-state index is -4.50. The average molecular weight is 206 g/mol. The Morgan fingerprint density at radius 3 is 2.33 bits per heavy atom. The Kier molecular flexibility index (Phi) is 4.30. The predicted octanol–water partition coefficient (Wildman–Crippen LogP) is 1.69. The molecule has 1 heterocycles. The molecular weight excluding hydrogens is 195 g/mol. The summed E-state index contributed by atoms with van der Waals surface area (Å²) < 4.78 is 38.7. The topological polar surface area (TPSA) is 21.3 Å². The van der Waals surface area contributed by atoms with Crippen molar-refractivity contribution in [3.8, 4) is 0 Å². The van der Waals surface area contributed by atoms with E-state index in [2.05, 4.69) is 10.1 Å². The van der Waals surface area contributed by atoms with Gasteiger partial charge in [-0.25, -0.2) is 0 Å². The second-order valence-electron chi connectivity index (χ2n) is 2.63. The van der Waals surface area contributed by atoms with E-state index in [1.54, 1.807) is 6.92 Å². The van der Waals surface area contributed by atoms with Crippen LogP contribution in [0.5, 0.6) is 0 Å². The molecule has 0 aromatic rings. The van der Waals surface area contributed by atoms with E-state index in [0.717, 1.165) is 0 Å². The van der Waals surface area contributed by atoms with Crippen molar-refractivity contribution in [2.45, 2.75) is 31.9 Å². The Balaban J connectivity index is 0.00000121. The highest BCUT2D eigenvalue weighted by molar-refractivity contribution is 5.85. The Morgan fingerprint density at radius 1 is 1.42 bits per heavy atom. The van der Waals surface area contributed by atoms with Crippen molar-refractivity contribution < 1.29 is 17.9 Å². The normalized spacial score (nSPS) is 30.0. The predicted molar refractivity (Wildman–Crippen MR) is 40.3 cm³/mol. The number of ether oxygens (including phenoxy) is 1. The Hall–Kier alpha value is -0.0000000000000000555. The maximum atomic E-state index is 11.6. The first-order chi connectivity index (χ1) is 4.99. The largest absolute Gasteiger partial charge is 0.522 e. The molecule has 0 radical (unpaired) electrons. The molecule has 0 aliphatic carbocycles. The van der Waals surface area contributed by atoms with Crippen LogP contribution in [-0.4, -0.2) is 25.1 Å². The molecule has 0 aromatic carbocycles. The third-order valence-corrected chi connectivity index (χ3v) is 1.74. The van der Waals surface area contributed by atoms with Gasteiger partial charge < -0.3 is 5.32 Å². The first kappa shape index (κ1) is 12.0. The maximum Gasteiger partial charge on any atom is 0.522 e. The van der Waals surface area contributed by atoms with Crippen LogP contribution >= 0.6 is 12.4 Å². The molecule has 1 aliphatic heterocycles. The number of hydrogen-bond acceptors (Lipinski definition) is 2. The van der Waals surface area contributed by atoms with Crippen LogP contribution in [0.4, 0.5) is 13.2 Å². The first-order valence-electron chi connectivity index (χ1n) is 3.47. The lowest BCUT2D eigenvalue weighted by Crippen LogP contribution is -2.33. The molecule has 0 unspecified atom stereocenters. The van der Waals surface area contributed by atoms with Gasteiger partial charge in [0, 0.05) is 6.04 Å². The SMILES string of the molecule is C[C@@H]1NCC[C@H]1OC(F)(F)F.Cl. The molecule has 74 valence electrons. The van der Waals surface area contributed by atoms with Gasteiger partial charge in [-0.15, -0.1) is 25.6 Å². The summed E-state index contributed by atoms with van der Waals surface area (Å²) in [5.41, 5.74) is 0. The van der Waals surface area contributed by atoms with E-state index in [4.69, 9.17) is 0 Å².